The number of carbonyl (C=O) groups is 1. The summed E-state index contributed by atoms with van der Waals surface area (Å²) in [7, 11) is 0. The molecule has 3 nitrogen and oxygen atoms in total. The van der Waals surface area contributed by atoms with Crippen molar-refractivity contribution < 1.29 is 14.3 Å². The first kappa shape index (κ1) is 12.1. The van der Waals surface area contributed by atoms with E-state index in [-0.39, 0.29) is 11.9 Å². The quantitative estimate of drug-likeness (QED) is 0.802. The van der Waals surface area contributed by atoms with Gasteiger partial charge in [-0.1, -0.05) is 12.1 Å². The van der Waals surface area contributed by atoms with Crippen molar-refractivity contribution in [2.45, 2.75) is 32.3 Å². The molecule has 0 amide bonds. The molecule has 17 heavy (non-hydrogen) atoms. The van der Waals surface area contributed by atoms with Crippen molar-refractivity contribution >= 4 is 5.78 Å². The Morgan fingerprint density at radius 2 is 2.18 bits per heavy atom. The number of Topliss-reactive ketones (excluding diaryl/α,β-unsaturated/α-hetero) is 1. The third-order valence-electron chi connectivity index (χ3n) is 2.80. The second-order valence-corrected chi connectivity index (χ2v) is 4.48. The van der Waals surface area contributed by atoms with Crippen molar-refractivity contribution in [2.75, 3.05) is 13.2 Å². The van der Waals surface area contributed by atoms with Gasteiger partial charge in [0.1, 0.15) is 17.6 Å². The fraction of sp³-hybridized carbons (Fsp3) is 0.500. The monoisotopic (exact) mass is 234 g/mol. The highest BCUT2D eigenvalue weighted by Gasteiger charge is 2.15. The number of hydrogen-bond donors (Lipinski definition) is 0. The summed E-state index contributed by atoms with van der Waals surface area (Å²) in [6.07, 6.45) is 2.78. The molecule has 1 heterocycles. The van der Waals surface area contributed by atoms with Crippen LogP contribution in [0.2, 0.25) is 0 Å². The van der Waals surface area contributed by atoms with Gasteiger partial charge in [-0.2, -0.15) is 0 Å². The number of benzene rings is 1. The lowest BCUT2D eigenvalue weighted by Crippen LogP contribution is -2.27. The summed E-state index contributed by atoms with van der Waals surface area (Å²) >= 11 is 0. The van der Waals surface area contributed by atoms with E-state index in [2.05, 4.69) is 0 Å². The summed E-state index contributed by atoms with van der Waals surface area (Å²) in [4.78, 5) is 11.0. The molecule has 0 N–H and O–H groups in total. The third kappa shape index (κ3) is 3.86. The molecule has 1 aliphatic rings. The van der Waals surface area contributed by atoms with Crippen LogP contribution in [-0.2, 0) is 16.0 Å². The van der Waals surface area contributed by atoms with Crippen LogP contribution in [0.4, 0.5) is 0 Å². The van der Waals surface area contributed by atoms with Crippen LogP contribution in [-0.4, -0.2) is 25.1 Å². The molecule has 0 radical (unpaired) electrons. The molecule has 92 valence electrons. The topological polar surface area (TPSA) is 35.5 Å². The van der Waals surface area contributed by atoms with Gasteiger partial charge in [0.05, 0.1) is 6.61 Å². The lowest BCUT2D eigenvalue weighted by Gasteiger charge is -2.23. The molecule has 2 rings (SSSR count). The van der Waals surface area contributed by atoms with Gasteiger partial charge in [-0.25, -0.2) is 0 Å². The molecule has 0 saturated carbocycles. The summed E-state index contributed by atoms with van der Waals surface area (Å²) in [5.41, 5.74) is 1.03. The van der Waals surface area contributed by atoms with E-state index in [1.165, 1.54) is 0 Å². The normalized spacial score (nSPS) is 19.9. The maximum absolute atomic E-state index is 11.0. The van der Waals surface area contributed by atoms with Crippen LogP contribution in [0.5, 0.6) is 5.75 Å². The van der Waals surface area contributed by atoms with Gasteiger partial charge >= 0.3 is 0 Å². The first-order chi connectivity index (χ1) is 8.24. The number of rotatable bonds is 4. The van der Waals surface area contributed by atoms with E-state index < -0.39 is 0 Å². The Balaban J connectivity index is 1.90. The minimum absolute atomic E-state index is 0.169. The third-order valence-corrected chi connectivity index (χ3v) is 2.80. The van der Waals surface area contributed by atoms with Crippen molar-refractivity contribution in [3.63, 3.8) is 0 Å². The summed E-state index contributed by atoms with van der Waals surface area (Å²) in [6.45, 7) is 3.12. The lowest BCUT2D eigenvalue weighted by atomic mass is 10.1. The predicted molar refractivity (Wildman–Crippen MR) is 65.3 cm³/mol. The van der Waals surface area contributed by atoms with E-state index in [0.29, 0.717) is 13.0 Å². The van der Waals surface area contributed by atoms with Crippen LogP contribution >= 0.6 is 0 Å². The predicted octanol–water partition coefficient (Wildman–Crippen LogP) is 2.38. The average Bonchev–Trinajstić information content (AvgIpc) is 2.32. The molecular formula is C14H18O3. The summed E-state index contributed by atoms with van der Waals surface area (Å²) in [5.74, 6) is 1.03. The Morgan fingerprint density at radius 1 is 1.41 bits per heavy atom. The first-order valence-corrected chi connectivity index (χ1v) is 6.07. The SMILES string of the molecule is CC(=O)Cc1ccc(OC2CCCOC2)cc1. The smallest absolute Gasteiger partial charge is 0.134 e. The highest BCUT2D eigenvalue weighted by atomic mass is 16.5. The van der Waals surface area contributed by atoms with E-state index in [1.54, 1.807) is 6.92 Å². The van der Waals surface area contributed by atoms with Gasteiger partial charge < -0.3 is 9.47 Å². The molecular weight excluding hydrogens is 216 g/mol. The van der Waals surface area contributed by atoms with Crippen LogP contribution in [0.1, 0.15) is 25.3 Å². The summed E-state index contributed by atoms with van der Waals surface area (Å²) < 4.78 is 11.2. The minimum Gasteiger partial charge on any atom is -0.488 e. The van der Waals surface area contributed by atoms with Gasteiger partial charge in [-0.05, 0) is 37.5 Å². The van der Waals surface area contributed by atoms with Crippen LogP contribution in [0, 0.1) is 0 Å². The Kier molecular flexibility index (Phi) is 4.15. The summed E-state index contributed by atoms with van der Waals surface area (Å²) in [6, 6.07) is 7.74. The van der Waals surface area contributed by atoms with Crippen molar-refractivity contribution in [1.29, 1.82) is 0 Å². The zero-order chi connectivity index (χ0) is 12.1. The molecule has 0 bridgehead atoms. The summed E-state index contributed by atoms with van der Waals surface area (Å²) in [5, 5.41) is 0. The van der Waals surface area contributed by atoms with Crippen molar-refractivity contribution in [3.05, 3.63) is 29.8 Å². The van der Waals surface area contributed by atoms with E-state index in [1.807, 2.05) is 24.3 Å². The Morgan fingerprint density at radius 3 is 2.76 bits per heavy atom. The second kappa shape index (κ2) is 5.82. The van der Waals surface area contributed by atoms with E-state index in [4.69, 9.17) is 9.47 Å². The molecule has 3 heteroatoms. The maximum Gasteiger partial charge on any atom is 0.134 e. The molecule has 1 saturated heterocycles. The molecule has 1 aliphatic heterocycles. The van der Waals surface area contributed by atoms with Gasteiger partial charge in [0.2, 0.25) is 0 Å². The molecule has 1 aromatic carbocycles. The van der Waals surface area contributed by atoms with E-state index in [0.717, 1.165) is 30.8 Å². The van der Waals surface area contributed by atoms with Crippen molar-refractivity contribution in [1.82, 2.24) is 0 Å². The van der Waals surface area contributed by atoms with Crippen LogP contribution in [0.15, 0.2) is 24.3 Å². The lowest BCUT2D eigenvalue weighted by molar-refractivity contribution is -0.116. The van der Waals surface area contributed by atoms with Gasteiger partial charge in [-0.3, -0.25) is 4.79 Å². The highest BCUT2D eigenvalue weighted by molar-refractivity contribution is 5.78. The Hall–Kier alpha value is -1.35. The largest absolute Gasteiger partial charge is 0.488 e. The molecule has 0 spiro atoms. The van der Waals surface area contributed by atoms with Gasteiger partial charge in [-0.15, -0.1) is 0 Å². The fourth-order valence-corrected chi connectivity index (χ4v) is 1.97. The number of carbonyl (C=O) groups excluding carboxylic acids is 1. The first-order valence-electron chi connectivity index (χ1n) is 6.07. The highest BCUT2D eigenvalue weighted by Crippen LogP contribution is 2.18. The Labute approximate surface area is 102 Å². The number of ketones is 1. The van der Waals surface area contributed by atoms with Gasteiger partial charge in [0.15, 0.2) is 0 Å². The molecule has 1 fully saturated rings. The van der Waals surface area contributed by atoms with Crippen LogP contribution < -0.4 is 4.74 Å². The maximum atomic E-state index is 11.0. The number of hydrogen-bond acceptors (Lipinski definition) is 3. The molecule has 1 atom stereocenters. The van der Waals surface area contributed by atoms with Crippen LogP contribution in [0.25, 0.3) is 0 Å². The zero-order valence-corrected chi connectivity index (χ0v) is 10.1. The average molecular weight is 234 g/mol. The standard InChI is InChI=1S/C14H18O3/c1-11(15)9-12-4-6-13(7-5-12)17-14-3-2-8-16-10-14/h4-7,14H,2-3,8-10H2,1H3. The molecule has 0 aromatic heterocycles. The van der Waals surface area contributed by atoms with Crippen molar-refractivity contribution in [3.8, 4) is 5.75 Å². The van der Waals surface area contributed by atoms with E-state index >= 15 is 0 Å². The van der Waals surface area contributed by atoms with E-state index in [9.17, 15) is 4.79 Å². The number of ether oxygens (including phenoxy) is 2. The Bertz CT molecular complexity index is 364. The van der Waals surface area contributed by atoms with Gasteiger partial charge in [0.25, 0.3) is 0 Å². The zero-order valence-electron chi connectivity index (χ0n) is 10.1. The van der Waals surface area contributed by atoms with Crippen LogP contribution in [0.3, 0.4) is 0 Å². The van der Waals surface area contributed by atoms with Gasteiger partial charge in [0, 0.05) is 13.0 Å². The second-order valence-electron chi connectivity index (χ2n) is 4.48. The fourth-order valence-electron chi connectivity index (χ4n) is 1.97. The molecule has 1 aromatic rings. The molecule has 0 aliphatic carbocycles. The minimum atomic E-state index is 0.169. The molecule has 1 unspecified atom stereocenters. The van der Waals surface area contributed by atoms with Crippen molar-refractivity contribution in [2.24, 2.45) is 0 Å².